The van der Waals surface area contributed by atoms with E-state index in [1.807, 2.05) is 0 Å². The van der Waals surface area contributed by atoms with Gasteiger partial charge in [0.05, 0.1) is 12.2 Å². The van der Waals surface area contributed by atoms with E-state index in [1.165, 1.54) is 0 Å². The molecule has 0 atom stereocenters. The normalized spacial score (nSPS) is 11.2. The average Bonchev–Trinajstić information content (AvgIpc) is 2.15. The van der Waals surface area contributed by atoms with E-state index in [0.717, 1.165) is 6.42 Å². The Morgan fingerprint density at radius 3 is 2.47 bits per heavy atom. The van der Waals surface area contributed by atoms with Crippen LogP contribution in [0.15, 0.2) is 18.2 Å². The van der Waals surface area contributed by atoms with Crippen molar-refractivity contribution in [2.24, 2.45) is 5.41 Å². The first-order valence-electron chi connectivity index (χ1n) is 5.62. The van der Waals surface area contributed by atoms with Crippen molar-refractivity contribution in [2.45, 2.75) is 27.2 Å². The Balaban J connectivity index is 2.59. The SMILES string of the molecule is CC(C)(C)CCOC(=O)c1ccc(N)cc1N. The van der Waals surface area contributed by atoms with Crippen LogP contribution in [0.4, 0.5) is 11.4 Å². The molecule has 0 spiro atoms. The molecular weight excluding hydrogens is 216 g/mol. The van der Waals surface area contributed by atoms with E-state index in [9.17, 15) is 4.79 Å². The van der Waals surface area contributed by atoms with Gasteiger partial charge >= 0.3 is 5.97 Å². The number of carbonyl (C=O) groups excluding carboxylic acids is 1. The zero-order valence-electron chi connectivity index (χ0n) is 10.6. The molecule has 1 rings (SSSR count). The van der Waals surface area contributed by atoms with Crippen molar-refractivity contribution in [2.75, 3.05) is 18.1 Å². The largest absolute Gasteiger partial charge is 0.462 e. The van der Waals surface area contributed by atoms with Gasteiger partial charge in [-0.05, 0) is 30.0 Å². The van der Waals surface area contributed by atoms with Crippen LogP contribution in [0.5, 0.6) is 0 Å². The molecule has 4 N–H and O–H groups in total. The summed E-state index contributed by atoms with van der Waals surface area (Å²) in [5, 5.41) is 0. The molecule has 0 saturated carbocycles. The van der Waals surface area contributed by atoms with E-state index in [1.54, 1.807) is 18.2 Å². The number of ether oxygens (including phenoxy) is 1. The predicted molar refractivity (Wildman–Crippen MR) is 69.6 cm³/mol. The van der Waals surface area contributed by atoms with Crippen molar-refractivity contribution in [3.05, 3.63) is 23.8 Å². The topological polar surface area (TPSA) is 78.3 Å². The Labute approximate surface area is 102 Å². The number of nitrogen functional groups attached to an aromatic ring is 2. The van der Waals surface area contributed by atoms with E-state index < -0.39 is 5.97 Å². The maximum Gasteiger partial charge on any atom is 0.340 e. The third-order valence-corrected chi connectivity index (χ3v) is 2.38. The lowest BCUT2D eigenvalue weighted by molar-refractivity contribution is 0.0466. The van der Waals surface area contributed by atoms with Gasteiger partial charge in [0.15, 0.2) is 0 Å². The van der Waals surface area contributed by atoms with Crippen molar-refractivity contribution in [1.29, 1.82) is 0 Å². The summed E-state index contributed by atoms with van der Waals surface area (Å²) in [6, 6.07) is 4.78. The van der Waals surface area contributed by atoms with E-state index in [4.69, 9.17) is 16.2 Å². The van der Waals surface area contributed by atoms with E-state index in [-0.39, 0.29) is 5.41 Å². The quantitative estimate of drug-likeness (QED) is 0.624. The van der Waals surface area contributed by atoms with Gasteiger partial charge in [-0.2, -0.15) is 0 Å². The molecule has 0 aliphatic heterocycles. The summed E-state index contributed by atoms with van der Waals surface area (Å²) in [5.41, 5.74) is 12.7. The summed E-state index contributed by atoms with van der Waals surface area (Å²) in [5.74, 6) is -0.397. The number of rotatable bonds is 3. The molecule has 0 aliphatic rings. The van der Waals surface area contributed by atoms with E-state index in [0.29, 0.717) is 23.5 Å². The molecule has 1 aromatic rings. The Bertz CT molecular complexity index is 408. The maximum atomic E-state index is 11.7. The minimum absolute atomic E-state index is 0.146. The maximum absolute atomic E-state index is 11.7. The lowest BCUT2D eigenvalue weighted by Gasteiger charge is -2.17. The summed E-state index contributed by atoms with van der Waals surface area (Å²) in [6.45, 7) is 6.68. The van der Waals surface area contributed by atoms with Crippen molar-refractivity contribution < 1.29 is 9.53 Å². The molecule has 0 aliphatic carbocycles. The molecule has 0 saturated heterocycles. The van der Waals surface area contributed by atoms with Crippen molar-refractivity contribution in [3.63, 3.8) is 0 Å². The number of hydrogen-bond acceptors (Lipinski definition) is 4. The highest BCUT2D eigenvalue weighted by Gasteiger charge is 2.14. The molecule has 0 radical (unpaired) electrons. The first-order chi connectivity index (χ1) is 7.79. The fourth-order valence-electron chi connectivity index (χ4n) is 1.29. The number of esters is 1. The smallest absolute Gasteiger partial charge is 0.340 e. The van der Waals surface area contributed by atoms with Gasteiger partial charge < -0.3 is 16.2 Å². The molecule has 94 valence electrons. The van der Waals surface area contributed by atoms with Crippen molar-refractivity contribution in [3.8, 4) is 0 Å². The van der Waals surface area contributed by atoms with E-state index >= 15 is 0 Å². The molecule has 0 heterocycles. The van der Waals surface area contributed by atoms with Crippen molar-refractivity contribution in [1.82, 2.24) is 0 Å². The molecule has 4 heteroatoms. The van der Waals surface area contributed by atoms with Crippen LogP contribution in [0.25, 0.3) is 0 Å². The number of anilines is 2. The highest BCUT2D eigenvalue weighted by Crippen LogP contribution is 2.20. The van der Waals surface area contributed by atoms with Crippen LogP contribution in [-0.4, -0.2) is 12.6 Å². The van der Waals surface area contributed by atoms with Gasteiger partial charge in [-0.3, -0.25) is 0 Å². The number of nitrogens with two attached hydrogens (primary N) is 2. The molecule has 4 nitrogen and oxygen atoms in total. The van der Waals surface area contributed by atoms with Gasteiger partial charge in [0, 0.05) is 11.4 Å². The lowest BCUT2D eigenvalue weighted by atomic mass is 9.93. The Hall–Kier alpha value is -1.71. The fourth-order valence-corrected chi connectivity index (χ4v) is 1.29. The van der Waals surface area contributed by atoms with Crippen molar-refractivity contribution >= 4 is 17.3 Å². The minimum atomic E-state index is -0.397. The number of hydrogen-bond donors (Lipinski definition) is 2. The third kappa shape index (κ3) is 4.34. The summed E-state index contributed by atoms with van der Waals surface area (Å²) < 4.78 is 5.17. The molecule has 0 bridgehead atoms. The minimum Gasteiger partial charge on any atom is -0.462 e. The average molecular weight is 236 g/mol. The molecule has 0 fully saturated rings. The van der Waals surface area contributed by atoms with Gasteiger partial charge in [0.2, 0.25) is 0 Å². The third-order valence-electron chi connectivity index (χ3n) is 2.38. The first kappa shape index (κ1) is 13.4. The molecule has 0 unspecified atom stereocenters. The summed E-state index contributed by atoms with van der Waals surface area (Å²) in [7, 11) is 0. The Morgan fingerprint density at radius 1 is 1.29 bits per heavy atom. The highest BCUT2D eigenvalue weighted by molar-refractivity contribution is 5.95. The standard InChI is InChI=1S/C13H20N2O2/c1-13(2,3)6-7-17-12(16)10-5-4-9(14)8-11(10)15/h4-5,8H,6-7,14-15H2,1-3H3. The number of carbonyl (C=O) groups is 1. The number of benzene rings is 1. The highest BCUT2D eigenvalue weighted by atomic mass is 16.5. The molecule has 0 amide bonds. The van der Waals surface area contributed by atoms with Crippen LogP contribution in [-0.2, 0) is 4.74 Å². The Morgan fingerprint density at radius 2 is 1.94 bits per heavy atom. The molecular formula is C13H20N2O2. The van der Waals surface area contributed by atoms with Gasteiger partial charge in [-0.15, -0.1) is 0 Å². The van der Waals surface area contributed by atoms with Gasteiger partial charge in [0.1, 0.15) is 0 Å². The zero-order chi connectivity index (χ0) is 13.1. The zero-order valence-corrected chi connectivity index (χ0v) is 10.6. The summed E-state index contributed by atoms with van der Waals surface area (Å²) in [6.07, 6.45) is 0.813. The second-order valence-corrected chi connectivity index (χ2v) is 5.29. The van der Waals surface area contributed by atoms with Gasteiger partial charge in [-0.1, -0.05) is 20.8 Å². The van der Waals surface area contributed by atoms with Gasteiger partial charge in [-0.25, -0.2) is 4.79 Å². The summed E-state index contributed by atoms with van der Waals surface area (Å²) in [4.78, 5) is 11.7. The second kappa shape index (κ2) is 5.08. The molecule has 17 heavy (non-hydrogen) atoms. The predicted octanol–water partition coefficient (Wildman–Crippen LogP) is 2.44. The van der Waals surface area contributed by atoms with Crippen LogP contribution in [0.1, 0.15) is 37.6 Å². The molecule has 0 aromatic heterocycles. The van der Waals surface area contributed by atoms with Crippen LogP contribution < -0.4 is 11.5 Å². The summed E-state index contributed by atoms with van der Waals surface area (Å²) >= 11 is 0. The lowest BCUT2D eigenvalue weighted by Crippen LogP contribution is -2.14. The van der Waals surface area contributed by atoms with Gasteiger partial charge in [0.25, 0.3) is 0 Å². The van der Waals surface area contributed by atoms with Crippen LogP contribution in [0, 0.1) is 5.41 Å². The fraction of sp³-hybridized carbons (Fsp3) is 0.462. The van der Waals surface area contributed by atoms with Crippen LogP contribution in [0.3, 0.4) is 0 Å². The van der Waals surface area contributed by atoms with Crippen LogP contribution in [0.2, 0.25) is 0 Å². The molecule has 1 aromatic carbocycles. The first-order valence-corrected chi connectivity index (χ1v) is 5.62. The Kier molecular flexibility index (Phi) is 3.99. The monoisotopic (exact) mass is 236 g/mol. The second-order valence-electron chi connectivity index (χ2n) is 5.29. The van der Waals surface area contributed by atoms with Crippen LogP contribution >= 0.6 is 0 Å². The van der Waals surface area contributed by atoms with E-state index in [2.05, 4.69) is 20.8 Å².